The fraction of sp³-hybridized carbons (Fsp3) is 0.316. The first-order valence-electron chi connectivity index (χ1n) is 8.25. The third-order valence-electron chi connectivity index (χ3n) is 4.70. The molecule has 1 saturated carbocycles. The molecule has 0 heterocycles. The Morgan fingerprint density at radius 1 is 1.23 bits per heavy atom. The highest BCUT2D eigenvalue weighted by Gasteiger charge is 2.74. The minimum atomic E-state index is -3.91. The molecule has 0 radical (unpaired) electrons. The lowest BCUT2D eigenvalue weighted by atomic mass is 10.1. The topological polar surface area (TPSA) is 86.5 Å². The van der Waals surface area contributed by atoms with E-state index in [1.165, 1.54) is 30.3 Å². The second-order valence-corrected chi connectivity index (χ2v) is 8.53. The number of halogens is 1. The predicted octanol–water partition coefficient (Wildman–Crippen LogP) is 2.33. The van der Waals surface area contributed by atoms with Crippen LogP contribution in [0.5, 0.6) is 0 Å². The molecule has 3 atom stereocenters. The van der Waals surface area contributed by atoms with Crippen molar-refractivity contribution in [1.29, 1.82) is 0 Å². The molecule has 0 bridgehead atoms. The van der Waals surface area contributed by atoms with Crippen LogP contribution in [0.4, 0.5) is 4.39 Å². The third-order valence-corrected chi connectivity index (χ3v) is 6.96. The second-order valence-electron chi connectivity index (χ2n) is 6.46. The number of carbonyl (C=O) groups is 1. The van der Waals surface area contributed by atoms with Gasteiger partial charge in [-0.3, -0.25) is 0 Å². The zero-order valence-electron chi connectivity index (χ0n) is 14.5. The van der Waals surface area contributed by atoms with E-state index in [4.69, 9.17) is 10.5 Å². The molecule has 7 heteroatoms. The Hall–Kier alpha value is -2.25. The highest BCUT2D eigenvalue weighted by atomic mass is 32.2. The van der Waals surface area contributed by atoms with Crippen LogP contribution in [0.15, 0.2) is 53.4 Å². The predicted molar refractivity (Wildman–Crippen MR) is 94.8 cm³/mol. The van der Waals surface area contributed by atoms with Crippen LogP contribution in [0.3, 0.4) is 0 Å². The van der Waals surface area contributed by atoms with Gasteiger partial charge in [-0.05, 0) is 43.7 Å². The van der Waals surface area contributed by atoms with Crippen LogP contribution < -0.4 is 5.73 Å². The van der Waals surface area contributed by atoms with Gasteiger partial charge in [-0.25, -0.2) is 17.6 Å². The SMILES string of the molecule is CCOC(=O)[C@@]1(N)[C@H](S(=O)(=O)c2ccc(C)cc2)[C@@H]1c1cccc(F)c1. The Bertz CT molecular complexity index is 942. The largest absolute Gasteiger partial charge is 0.465 e. The Labute approximate surface area is 151 Å². The summed E-state index contributed by atoms with van der Waals surface area (Å²) in [5, 5.41) is -1.21. The Morgan fingerprint density at radius 3 is 2.46 bits per heavy atom. The number of nitrogens with two attached hydrogens (primary N) is 1. The molecule has 5 nitrogen and oxygen atoms in total. The monoisotopic (exact) mass is 377 g/mol. The molecule has 2 aromatic carbocycles. The maximum atomic E-state index is 13.6. The fourth-order valence-corrected chi connectivity index (χ4v) is 5.56. The lowest BCUT2D eigenvalue weighted by Gasteiger charge is -2.11. The number of ether oxygens (including phenoxy) is 1. The van der Waals surface area contributed by atoms with Crippen molar-refractivity contribution >= 4 is 15.8 Å². The van der Waals surface area contributed by atoms with Crippen molar-refractivity contribution in [1.82, 2.24) is 0 Å². The third kappa shape index (κ3) is 2.91. The molecule has 0 aliphatic heterocycles. The van der Waals surface area contributed by atoms with Gasteiger partial charge in [0.1, 0.15) is 16.6 Å². The van der Waals surface area contributed by atoms with Gasteiger partial charge in [0.25, 0.3) is 0 Å². The molecule has 2 aromatic rings. The number of sulfone groups is 1. The molecule has 0 aromatic heterocycles. The van der Waals surface area contributed by atoms with Gasteiger partial charge < -0.3 is 10.5 Å². The number of benzene rings is 2. The van der Waals surface area contributed by atoms with E-state index in [-0.39, 0.29) is 11.5 Å². The summed E-state index contributed by atoms with van der Waals surface area (Å²) in [6, 6.07) is 11.8. The summed E-state index contributed by atoms with van der Waals surface area (Å²) in [6.45, 7) is 3.53. The molecule has 0 spiro atoms. The molecular formula is C19H20FNO4S. The van der Waals surface area contributed by atoms with Crippen LogP contribution in [-0.2, 0) is 19.4 Å². The molecule has 0 saturated heterocycles. The molecular weight excluding hydrogens is 357 g/mol. The van der Waals surface area contributed by atoms with Crippen molar-refractivity contribution in [3.8, 4) is 0 Å². The van der Waals surface area contributed by atoms with E-state index < -0.39 is 38.3 Å². The van der Waals surface area contributed by atoms with Crippen LogP contribution in [0, 0.1) is 12.7 Å². The van der Waals surface area contributed by atoms with E-state index in [9.17, 15) is 17.6 Å². The van der Waals surface area contributed by atoms with Gasteiger partial charge in [0.05, 0.1) is 11.5 Å². The van der Waals surface area contributed by atoms with Crippen molar-refractivity contribution < 1.29 is 22.3 Å². The van der Waals surface area contributed by atoms with E-state index in [0.29, 0.717) is 5.56 Å². The molecule has 138 valence electrons. The zero-order valence-corrected chi connectivity index (χ0v) is 15.3. The van der Waals surface area contributed by atoms with E-state index in [1.54, 1.807) is 25.1 Å². The van der Waals surface area contributed by atoms with Gasteiger partial charge in [0.15, 0.2) is 9.84 Å². The summed E-state index contributed by atoms with van der Waals surface area (Å²) in [6.07, 6.45) is 0. The van der Waals surface area contributed by atoms with Crippen molar-refractivity contribution in [2.45, 2.75) is 35.4 Å². The molecule has 1 fully saturated rings. The summed E-state index contributed by atoms with van der Waals surface area (Å²) >= 11 is 0. The van der Waals surface area contributed by atoms with Gasteiger partial charge in [-0.2, -0.15) is 0 Å². The maximum Gasteiger partial charge on any atom is 0.328 e. The van der Waals surface area contributed by atoms with Crippen molar-refractivity contribution in [2.75, 3.05) is 6.61 Å². The quantitative estimate of drug-likeness (QED) is 0.808. The van der Waals surface area contributed by atoms with E-state index in [1.807, 2.05) is 6.92 Å². The number of aryl methyl sites for hydroxylation is 1. The van der Waals surface area contributed by atoms with Crippen molar-refractivity contribution in [2.24, 2.45) is 5.73 Å². The Kier molecular flexibility index (Phi) is 4.62. The van der Waals surface area contributed by atoms with Crippen LogP contribution in [0.25, 0.3) is 0 Å². The van der Waals surface area contributed by atoms with Gasteiger partial charge in [-0.1, -0.05) is 29.8 Å². The molecule has 0 unspecified atom stereocenters. The van der Waals surface area contributed by atoms with E-state index in [0.717, 1.165) is 5.56 Å². The number of hydrogen-bond acceptors (Lipinski definition) is 5. The normalized spacial score (nSPS) is 24.9. The molecule has 3 rings (SSSR count). The summed E-state index contributed by atoms with van der Waals surface area (Å²) in [4.78, 5) is 12.5. The van der Waals surface area contributed by atoms with Gasteiger partial charge in [0, 0.05) is 5.92 Å². The van der Waals surface area contributed by atoms with Gasteiger partial charge >= 0.3 is 5.97 Å². The van der Waals surface area contributed by atoms with Crippen LogP contribution in [-0.4, -0.2) is 31.8 Å². The summed E-state index contributed by atoms with van der Waals surface area (Å²) in [5.74, 6) is -2.19. The van der Waals surface area contributed by atoms with Crippen molar-refractivity contribution in [3.63, 3.8) is 0 Å². The summed E-state index contributed by atoms with van der Waals surface area (Å²) in [5.41, 5.74) is 5.75. The Balaban J connectivity index is 2.07. The average Bonchev–Trinajstić information content (AvgIpc) is 3.24. The smallest absolute Gasteiger partial charge is 0.328 e. The highest BCUT2D eigenvalue weighted by molar-refractivity contribution is 7.92. The average molecular weight is 377 g/mol. The first kappa shape index (κ1) is 18.5. The lowest BCUT2D eigenvalue weighted by molar-refractivity contribution is -0.145. The summed E-state index contributed by atoms with van der Waals surface area (Å²) in [7, 11) is -3.91. The molecule has 2 N–H and O–H groups in total. The Morgan fingerprint density at radius 2 is 1.88 bits per heavy atom. The standard InChI is InChI=1S/C19H20FNO4S/c1-3-25-18(22)19(21)16(13-5-4-6-14(20)11-13)17(19)26(23,24)15-9-7-12(2)8-10-15/h4-11,16-17H,3,21H2,1-2H3/t16-,17+,19-/m0/s1. The number of carbonyl (C=O) groups excluding carboxylic acids is 1. The number of rotatable bonds is 5. The van der Waals surface area contributed by atoms with E-state index in [2.05, 4.69) is 0 Å². The lowest BCUT2D eigenvalue weighted by Crippen LogP contribution is -2.41. The first-order chi connectivity index (χ1) is 12.2. The highest BCUT2D eigenvalue weighted by Crippen LogP contribution is 2.56. The second kappa shape index (κ2) is 6.48. The van der Waals surface area contributed by atoms with Crippen LogP contribution >= 0.6 is 0 Å². The van der Waals surface area contributed by atoms with E-state index >= 15 is 0 Å². The molecule has 1 aliphatic carbocycles. The summed E-state index contributed by atoms with van der Waals surface area (Å²) < 4.78 is 44.9. The first-order valence-corrected chi connectivity index (χ1v) is 9.79. The van der Waals surface area contributed by atoms with Crippen LogP contribution in [0.1, 0.15) is 24.0 Å². The maximum absolute atomic E-state index is 13.6. The van der Waals surface area contributed by atoms with Gasteiger partial charge in [0.2, 0.25) is 0 Å². The molecule has 0 amide bonds. The zero-order chi connectivity index (χ0) is 19.1. The minimum Gasteiger partial charge on any atom is -0.465 e. The molecule has 26 heavy (non-hydrogen) atoms. The molecule has 1 aliphatic rings. The van der Waals surface area contributed by atoms with Crippen molar-refractivity contribution in [3.05, 3.63) is 65.5 Å². The fourth-order valence-electron chi connectivity index (χ4n) is 3.33. The number of hydrogen-bond donors (Lipinski definition) is 1. The van der Waals surface area contributed by atoms with Gasteiger partial charge in [-0.15, -0.1) is 0 Å². The minimum absolute atomic E-state index is 0.0744. The van der Waals surface area contributed by atoms with Crippen LogP contribution in [0.2, 0.25) is 0 Å². The number of esters is 1.